The zero-order valence-corrected chi connectivity index (χ0v) is 11.8. The number of rotatable bonds is 1. The average molecular weight is 347 g/mol. The van der Waals surface area contributed by atoms with Gasteiger partial charge in [-0.1, -0.05) is 0 Å². The first kappa shape index (κ1) is 11.5. The lowest BCUT2D eigenvalue weighted by atomic mass is 9.79. The summed E-state index contributed by atoms with van der Waals surface area (Å²) in [5.41, 5.74) is 1.75. The minimum atomic E-state index is 0.0382. The molecule has 3 heterocycles. The maximum absolute atomic E-state index is 12.2. The van der Waals surface area contributed by atoms with Crippen molar-refractivity contribution in [3.05, 3.63) is 15.0 Å². The quantitative estimate of drug-likeness (QED) is 0.777. The molecule has 92 valence electrons. The SMILES string of the molecule is Cc1[nH]nc(C(=O)N2CC3(CCOC3)C2)c1I. The van der Waals surface area contributed by atoms with Crippen molar-refractivity contribution in [1.82, 2.24) is 15.1 Å². The van der Waals surface area contributed by atoms with Crippen LogP contribution in [0.1, 0.15) is 22.6 Å². The number of halogens is 1. The Morgan fingerprint density at radius 2 is 2.35 bits per heavy atom. The molecule has 2 fully saturated rings. The van der Waals surface area contributed by atoms with Crippen molar-refractivity contribution in [1.29, 1.82) is 0 Å². The van der Waals surface area contributed by atoms with Crippen LogP contribution in [0.2, 0.25) is 0 Å². The number of nitrogens with zero attached hydrogens (tertiary/aromatic N) is 2. The number of aromatic amines is 1. The molecule has 3 rings (SSSR count). The molecule has 0 aromatic carbocycles. The Kier molecular flexibility index (Phi) is 2.66. The van der Waals surface area contributed by atoms with Crippen LogP contribution in [-0.4, -0.2) is 47.3 Å². The van der Waals surface area contributed by atoms with Crippen LogP contribution in [0.15, 0.2) is 0 Å². The molecule has 0 saturated carbocycles. The molecular formula is C11H14IN3O2. The van der Waals surface area contributed by atoms with Gasteiger partial charge < -0.3 is 9.64 Å². The number of nitrogens with one attached hydrogen (secondary N) is 1. The third kappa shape index (κ3) is 1.77. The Hall–Kier alpha value is -0.630. The molecule has 1 N–H and O–H groups in total. The van der Waals surface area contributed by atoms with Crippen LogP contribution in [0.4, 0.5) is 0 Å². The molecule has 2 aliphatic heterocycles. The molecule has 1 aromatic rings. The van der Waals surface area contributed by atoms with Gasteiger partial charge in [0.25, 0.3) is 5.91 Å². The predicted octanol–water partition coefficient (Wildman–Crippen LogP) is 1.19. The van der Waals surface area contributed by atoms with Crippen molar-refractivity contribution in [3.63, 3.8) is 0 Å². The number of aryl methyl sites for hydroxylation is 1. The van der Waals surface area contributed by atoms with Crippen molar-refractivity contribution >= 4 is 28.5 Å². The second-order valence-corrected chi connectivity index (χ2v) is 6.05. The van der Waals surface area contributed by atoms with E-state index in [1.807, 2.05) is 11.8 Å². The highest BCUT2D eigenvalue weighted by molar-refractivity contribution is 14.1. The molecule has 0 aliphatic carbocycles. The Bertz CT molecular complexity index is 457. The molecule has 0 bridgehead atoms. The number of carbonyl (C=O) groups excluding carboxylic acids is 1. The Labute approximate surface area is 113 Å². The van der Waals surface area contributed by atoms with Crippen LogP contribution in [-0.2, 0) is 4.74 Å². The maximum Gasteiger partial charge on any atom is 0.275 e. The van der Waals surface area contributed by atoms with Crippen molar-refractivity contribution < 1.29 is 9.53 Å². The normalized spacial score (nSPS) is 21.9. The lowest BCUT2D eigenvalue weighted by Crippen LogP contribution is -2.59. The minimum absolute atomic E-state index is 0.0382. The van der Waals surface area contributed by atoms with E-state index >= 15 is 0 Å². The summed E-state index contributed by atoms with van der Waals surface area (Å²) >= 11 is 2.16. The lowest BCUT2D eigenvalue weighted by Gasteiger charge is -2.46. The van der Waals surface area contributed by atoms with Gasteiger partial charge in [-0.25, -0.2) is 0 Å². The molecule has 1 spiro atoms. The molecule has 1 aromatic heterocycles. The van der Waals surface area contributed by atoms with E-state index in [0.29, 0.717) is 5.69 Å². The van der Waals surface area contributed by atoms with Crippen LogP contribution in [0, 0.1) is 15.9 Å². The summed E-state index contributed by atoms with van der Waals surface area (Å²) in [5, 5.41) is 6.93. The van der Waals surface area contributed by atoms with Crippen LogP contribution in [0.3, 0.4) is 0 Å². The second-order valence-electron chi connectivity index (χ2n) is 4.97. The Morgan fingerprint density at radius 3 is 2.88 bits per heavy atom. The number of hydrogen-bond donors (Lipinski definition) is 1. The Morgan fingerprint density at radius 1 is 1.59 bits per heavy atom. The fourth-order valence-corrected chi connectivity index (χ4v) is 2.98. The number of H-pyrrole nitrogens is 1. The fourth-order valence-electron chi connectivity index (χ4n) is 2.51. The van der Waals surface area contributed by atoms with Gasteiger partial charge in [-0.3, -0.25) is 9.89 Å². The van der Waals surface area contributed by atoms with Crippen molar-refractivity contribution in [2.24, 2.45) is 5.41 Å². The molecular weight excluding hydrogens is 333 g/mol. The molecule has 0 atom stereocenters. The van der Waals surface area contributed by atoms with Gasteiger partial charge in [0.15, 0.2) is 5.69 Å². The van der Waals surface area contributed by atoms with Crippen LogP contribution < -0.4 is 0 Å². The molecule has 2 aliphatic rings. The van der Waals surface area contributed by atoms with Crippen molar-refractivity contribution in [3.8, 4) is 0 Å². The zero-order valence-electron chi connectivity index (χ0n) is 9.62. The molecule has 5 nitrogen and oxygen atoms in total. The molecule has 6 heteroatoms. The fraction of sp³-hybridized carbons (Fsp3) is 0.636. The summed E-state index contributed by atoms with van der Waals surface area (Å²) in [5.74, 6) is 0.0382. The highest BCUT2D eigenvalue weighted by Gasteiger charge is 2.48. The summed E-state index contributed by atoms with van der Waals surface area (Å²) in [6.07, 6.45) is 1.08. The van der Waals surface area contributed by atoms with Gasteiger partial charge in [0.05, 0.1) is 10.2 Å². The summed E-state index contributed by atoms with van der Waals surface area (Å²) in [4.78, 5) is 14.1. The topological polar surface area (TPSA) is 58.2 Å². The summed E-state index contributed by atoms with van der Waals surface area (Å²) in [6, 6.07) is 0. The second kappa shape index (κ2) is 3.94. The largest absolute Gasteiger partial charge is 0.381 e. The predicted molar refractivity (Wildman–Crippen MR) is 69.8 cm³/mol. The van der Waals surface area contributed by atoms with Gasteiger partial charge in [0, 0.05) is 30.8 Å². The zero-order chi connectivity index (χ0) is 12.0. The van der Waals surface area contributed by atoms with Crippen LogP contribution in [0.5, 0.6) is 0 Å². The Balaban J connectivity index is 1.71. The standard InChI is InChI=1S/C11H14IN3O2/c1-7-8(12)9(14-13-7)10(16)15-4-11(5-15)2-3-17-6-11/h2-6H2,1H3,(H,13,14). The molecule has 1 amide bonds. The minimum Gasteiger partial charge on any atom is -0.381 e. The van der Waals surface area contributed by atoms with E-state index in [1.54, 1.807) is 0 Å². The van der Waals surface area contributed by atoms with Gasteiger partial charge in [0.1, 0.15) is 0 Å². The molecule has 0 unspecified atom stereocenters. The van der Waals surface area contributed by atoms with Gasteiger partial charge in [-0.05, 0) is 35.9 Å². The highest BCUT2D eigenvalue weighted by Crippen LogP contribution is 2.39. The van der Waals surface area contributed by atoms with Gasteiger partial charge in [-0.15, -0.1) is 0 Å². The average Bonchev–Trinajstić information content (AvgIpc) is 2.85. The van der Waals surface area contributed by atoms with E-state index in [1.165, 1.54) is 0 Å². The van der Waals surface area contributed by atoms with Crippen LogP contribution >= 0.6 is 22.6 Å². The highest BCUT2D eigenvalue weighted by atomic mass is 127. The number of aromatic nitrogens is 2. The lowest BCUT2D eigenvalue weighted by molar-refractivity contribution is -0.000123. The monoisotopic (exact) mass is 347 g/mol. The first-order valence-corrected chi connectivity index (χ1v) is 6.77. The first-order valence-electron chi connectivity index (χ1n) is 5.69. The first-order chi connectivity index (χ1) is 8.11. The number of likely N-dealkylation sites (tertiary alicyclic amines) is 1. The molecule has 17 heavy (non-hydrogen) atoms. The van der Waals surface area contributed by atoms with E-state index in [4.69, 9.17) is 4.74 Å². The van der Waals surface area contributed by atoms with E-state index in [9.17, 15) is 4.79 Å². The van der Waals surface area contributed by atoms with Gasteiger partial charge >= 0.3 is 0 Å². The van der Waals surface area contributed by atoms with Crippen molar-refractivity contribution in [2.45, 2.75) is 13.3 Å². The number of hydrogen-bond acceptors (Lipinski definition) is 3. The maximum atomic E-state index is 12.2. The van der Waals surface area contributed by atoms with E-state index in [0.717, 1.165) is 42.0 Å². The summed E-state index contributed by atoms with van der Waals surface area (Å²) in [7, 11) is 0. The number of ether oxygens (including phenoxy) is 1. The van der Waals surface area contributed by atoms with Gasteiger partial charge in [0.2, 0.25) is 0 Å². The summed E-state index contributed by atoms with van der Waals surface area (Å²) < 4.78 is 6.33. The number of amides is 1. The third-order valence-corrected chi connectivity index (χ3v) is 4.92. The van der Waals surface area contributed by atoms with Crippen molar-refractivity contribution in [2.75, 3.05) is 26.3 Å². The molecule has 0 radical (unpaired) electrons. The third-order valence-electron chi connectivity index (χ3n) is 3.60. The smallest absolute Gasteiger partial charge is 0.275 e. The van der Waals surface area contributed by atoms with Gasteiger partial charge in [-0.2, -0.15) is 5.10 Å². The van der Waals surface area contributed by atoms with Crippen LogP contribution in [0.25, 0.3) is 0 Å². The van der Waals surface area contributed by atoms with E-state index in [-0.39, 0.29) is 11.3 Å². The van der Waals surface area contributed by atoms with E-state index in [2.05, 4.69) is 32.8 Å². The number of carbonyl (C=O) groups is 1. The summed E-state index contributed by atoms with van der Waals surface area (Å²) in [6.45, 7) is 5.18. The van der Waals surface area contributed by atoms with E-state index < -0.39 is 0 Å². The molecule has 2 saturated heterocycles.